The molecule has 0 radical (unpaired) electrons. The van der Waals surface area contributed by atoms with Gasteiger partial charge in [0.1, 0.15) is 0 Å². The van der Waals surface area contributed by atoms with Gasteiger partial charge in [0, 0.05) is 24.7 Å². The second kappa shape index (κ2) is 4.47. The topological polar surface area (TPSA) is 63.4 Å². The highest BCUT2D eigenvalue weighted by Crippen LogP contribution is 2.22. The van der Waals surface area contributed by atoms with E-state index in [0.29, 0.717) is 24.5 Å². The zero-order valence-electron chi connectivity index (χ0n) is 9.49. The first kappa shape index (κ1) is 11.8. The van der Waals surface area contributed by atoms with Crippen molar-refractivity contribution in [1.29, 1.82) is 0 Å². The molecular weight excluding hydrogens is 192 g/mol. The highest BCUT2D eigenvalue weighted by Gasteiger charge is 2.27. The Morgan fingerprint density at radius 1 is 1.67 bits per heavy atom. The van der Waals surface area contributed by atoms with Crippen LogP contribution in [0.25, 0.3) is 0 Å². The maximum absolute atomic E-state index is 11.6. The Morgan fingerprint density at radius 2 is 2.27 bits per heavy atom. The summed E-state index contributed by atoms with van der Waals surface area (Å²) in [6.07, 6.45) is 1.99. The molecule has 0 aromatic carbocycles. The standard InChI is InChI=1S/C11H18N2O2/c1-7(2)5-13-6-9(11(12)15)8(3)4-10(13)14/h6-8H,4-5H2,1-3H3,(H2,12,15). The van der Waals surface area contributed by atoms with Crippen LogP contribution in [0.4, 0.5) is 0 Å². The van der Waals surface area contributed by atoms with E-state index < -0.39 is 5.91 Å². The molecule has 1 aliphatic heterocycles. The lowest BCUT2D eigenvalue weighted by atomic mass is 9.93. The van der Waals surface area contributed by atoms with Crippen molar-refractivity contribution in [2.75, 3.05) is 6.54 Å². The quantitative estimate of drug-likeness (QED) is 0.751. The molecule has 1 heterocycles. The number of carbonyl (C=O) groups is 2. The molecule has 0 fully saturated rings. The Labute approximate surface area is 90.1 Å². The van der Waals surface area contributed by atoms with Gasteiger partial charge in [-0.2, -0.15) is 0 Å². The number of primary amides is 1. The zero-order chi connectivity index (χ0) is 11.6. The molecule has 1 aliphatic rings. The van der Waals surface area contributed by atoms with Crippen LogP contribution in [0.15, 0.2) is 11.8 Å². The van der Waals surface area contributed by atoms with Gasteiger partial charge in [-0.1, -0.05) is 20.8 Å². The van der Waals surface area contributed by atoms with Crippen LogP contribution in [0.3, 0.4) is 0 Å². The smallest absolute Gasteiger partial charge is 0.246 e. The van der Waals surface area contributed by atoms with Gasteiger partial charge in [0.25, 0.3) is 0 Å². The largest absolute Gasteiger partial charge is 0.366 e. The van der Waals surface area contributed by atoms with Crippen molar-refractivity contribution in [2.45, 2.75) is 27.2 Å². The third-order valence-corrected chi connectivity index (χ3v) is 2.47. The summed E-state index contributed by atoms with van der Waals surface area (Å²) in [6, 6.07) is 0. The van der Waals surface area contributed by atoms with Gasteiger partial charge in [-0.3, -0.25) is 9.59 Å². The number of hydrogen-bond donors (Lipinski definition) is 1. The fourth-order valence-electron chi connectivity index (χ4n) is 1.71. The molecule has 1 rings (SSSR count). The van der Waals surface area contributed by atoms with Gasteiger partial charge < -0.3 is 10.6 Å². The maximum Gasteiger partial charge on any atom is 0.246 e. The van der Waals surface area contributed by atoms with Crippen LogP contribution >= 0.6 is 0 Å². The summed E-state index contributed by atoms with van der Waals surface area (Å²) in [4.78, 5) is 24.4. The number of rotatable bonds is 3. The molecule has 4 nitrogen and oxygen atoms in total. The fourth-order valence-corrected chi connectivity index (χ4v) is 1.71. The predicted molar refractivity (Wildman–Crippen MR) is 57.6 cm³/mol. The lowest BCUT2D eigenvalue weighted by Crippen LogP contribution is -2.37. The lowest BCUT2D eigenvalue weighted by molar-refractivity contribution is -0.130. The van der Waals surface area contributed by atoms with Crippen molar-refractivity contribution in [3.05, 3.63) is 11.8 Å². The molecule has 0 bridgehead atoms. The first-order chi connectivity index (χ1) is 6.91. The molecule has 0 saturated heterocycles. The molecule has 4 heteroatoms. The molecule has 0 aromatic heterocycles. The molecule has 1 unspecified atom stereocenters. The minimum absolute atomic E-state index is 0.0570. The van der Waals surface area contributed by atoms with E-state index in [1.54, 1.807) is 11.1 Å². The number of amides is 2. The van der Waals surface area contributed by atoms with Crippen molar-refractivity contribution >= 4 is 11.8 Å². The van der Waals surface area contributed by atoms with E-state index in [2.05, 4.69) is 0 Å². The van der Waals surface area contributed by atoms with E-state index >= 15 is 0 Å². The Kier molecular flexibility index (Phi) is 3.50. The molecule has 0 aliphatic carbocycles. The Morgan fingerprint density at radius 3 is 2.73 bits per heavy atom. The van der Waals surface area contributed by atoms with Crippen LogP contribution in [0.1, 0.15) is 27.2 Å². The van der Waals surface area contributed by atoms with Crippen LogP contribution in [0.2, 0.25) is 0 Å². The van der Waals surface area contributed by atoms with Gasteiger partial charge in [-0.15, -0.1) is 0 Å². The summed E-state index contributed by atoms with van der Waals surface area (Å²) >= 11 is 0. The van der Waals surface area contributed by atoms with Gasteiger partial charge in [-0.25, -0.2) is 0 Å². The van der Waals surface area contributed by atoms with Crippen molar-refractivity contribution in [3.63, 3.8) is 0 Å². The molecule has 0 spiro atoms. The summed E-state index contributed by atoms with van der Waals surface area (Å²) in [5.74, 6) is -0.0314. The molecule has 15 heavy (non-hydrogen) atoms. The van der Waals surface area contributed by atoms with E-state index in [0.717, 1.165) is 0 Å². The summed E-state index contributed by atoms with van der Waals surface area (Å²) < 4.78 is 0. The fraction of sp³-hybridized carbons (Fsp3) is 0.636. The zero-order valence-corrected chi connectivity index (χ0v) is 9.49. The van der Waals surface area contributed by atoms with Crippen molar-refractivity contribution in [2.24, 2.45) is 17.6 Å². The third kappa shape index (κ3) is 2.81. The monoisotopic (exact) mass is 210 g/mol. The van der Waals surface area contributed by atoms with Crippen LogP contribution < -0.4 is 5.73 Å². The molecule has 2 N–H and O–H groups in total. The molecular formula is C11H18N2O2. The van der Waals surface area contributed by atoms with E-state index in [1.807, 2.05) is 20.8 Å². The normalized spacial score (nSPS) is 21.9. The average molecular weight is 210 g/mol. The summed E-state index contributed by atoms with van der Waals surface area (Å²) in [5, 5.41) is 0. The maximum atomic E-state index is 11.6. The minimum atomic E-state index is -0.427. The second-order valence-corrected chi connectivity index (χ2v) is 4.49. The highest BCUT2D eigenvalue weighted by atomic mass is 16.2. The lowest BCUT2D eigenvalue weighted by Gasteiger charge is -2.28. The Balaban J connectivity index is 2.87. The van der Waals surface area contributed by atoms with Crippen LogP contribution in [0, 0.1) is 11.8 Å². The first-order valence-corrected chi connectivity index (χ1v) is 5.22. The van der Waals surface area contributed by atoms with Crippen molar-refractivity contribution in [3.8, 4) is 0 Å². The Bertz CT molecular complexity index is 308. The van der Waals surface area contributed by atoms with Gasteiger partial charge in [0.15, 0.2) is 0 Å². The average Bonchev–Trinajstić information content (AvgIpc) is 2.08. The van der Waals surface area contributed by atoms with Crippen molar-refractivity contribution < 1.29 is 9.59 Å². The van der Waals surface area contributed by atoms with Crippen LogP contribution in [-0.2, 0) is 9.59 Å². The predicted octanol–water partition coefficient (Wildman–Crippen LogP) is 0.880. The van der Waals surface area contributed by atoms with E-state index in [4.69, 9.17) is 5.73 Å². The summed E-state index contributed by atoms with van der Waals surface area (Å²) in [5.41, 5.74) is 5.80. The van der Waals surface area contributed by atoms with E-state index in [-0.39, 0.29) is 11.8 Å². The third-order valence-electron chi connectivity index (χ3n) is 2.47. The number of carbonyl (C=O) groups excluding carboxylic acids is 2. The molecule has 0 aromatic rings. The molecule has 1 atom stereocenters. The van der Waals surface area contributed by atoms with Gasteiger partial charge in [0.2, 0.25) is 11.8 Å². The summed E-state index contributed by atoms with van der Waals surface area (Å²) in [6.45, 7) is 6.55. The number of nitrogens with zero attached hydrogens (tertiary/aromatic N) is 1. The molecule has 84 valence electrons. The van der Waals surface area contributed by atoms with E-state index in [9.17, 15) is 9.59 Å². The highest BCUT2D eigenvalue weighted by molar-refractivity contribution is 5.95. The minimum Gasteiger partial charge on any atom is -0.366 e. The van der Waals surface area contributed by atoms with Gasteiger partial charge in [0.05, 0.1) is 0 Å². The SMILES string of the molecule is CC(C)CN1C=C(C(N)=O)C(C)CC1=O. The van der Waals surface area contributed by atoms with Gasteiger partial charge >= 0.3 is 0 Å². The van der Waals surface area contributed by atoms with E-state index in [1.165, 1.54) is 0 Å². The van der Waals surface area contributed by atoms with Crippen LogP contribution in [-0.4, -0.2) is 23.3 Å². The molecule has 0 saturated carbocycles. The Hall–Kier alpha value is -1.32. The van der Waals surface area contributed by atoms with Gasteiger partial charge in [-0.05, 0) is 11.8 Å². The first-order valence-electron chi connectivity index (χ1n) is 5.22. The van der Waals surface area contributed by atoms with Crippen LogP contribution in [0.5, 0.6) is 0 Å². The second-order valence-electron chi connectivity index (χ2n) is 4.49. The molecule has 2 amide bonds. The summed E-state index contributed by atoms with van der Waals surface area (Å²) in [7, 11) is 0. The van der Waals surface area contributed by atoms with Crippen molar-refractivity contribution in [1.82, 2.24) is 4.90 Å². The number of hydrogen-bond acceptors (Lipinski definition) is 2. The number of nitrogens with two attached hydrogens (primary N) is 1.